The van der Waals surface area contributed by atoms with Crippen LogP contribution in [-0.2, 0) is 4.79 Å². The predicted octanol–water partition coefficient (Wildman–Crippen LogP) is 1.46. The van der Waals surface area contributed by atoms with Crippen LogP contribution in [0, 0.1) is 0 Å². The van der Waals surface area contributed by atoms with Gasteiger partial charge in [0.2, 0.25) is 5.91 Å². The molecular formula is C15H29N3O. The van der Waals surface area contributed by atoms with E-state index >= 15 is 0 Å². The van der Waals surface area contributed by atoms with E-state index in [1.54, 1.807) is 0 Å². The summed E-state index contributed by atoms with van der Waals surface area (Å²) in [5.74, 6) is 0.337. The van der Waals surface area contributed by atoms with E-state index in [1.165, 1.54) is 25.7 Å². The molecule has 0 aromatic heterocycles. The number of nitrogens with one attached hydrogen (secondary N) is 1. The average Bonchev–Trinajstić information content (AvgIpc) is 3.09. The highest BCUT2D eigenvalue weighted by Gasteiger charge is 2.29. The van der Waals surface area contributed by atoms with Crippen molar-refractivity contribution in [1.29, 1.82) is 0 Å². The third kappa shape index (κ3) is 3.93. The largest absolute Gasteiger partial charge is 0.341 e. The van der Waals surface area contributed by atoms with Gasteiger partial charge < -0.3 is 10.2 Å². The predicted molar refractivity (Wildman–Crippen MR) is 78.2 cm³/mol. The second-order valence-corrected chi connectivity index (χ2v) is 6.00. The van der Waals surface area contributed by atoms with Crippen molar-refractivity contribution in [3.63, 3.8) is 0 Å². The molecule has 2 rings (SSSR count). The number of nitrogens with zero attached hydrogens (tertiary/aromatic N) is 2. The molecule has 19 heavy (non-hydrogen) atoms. The van der Waals surface area contributed by atoms with Crippen molar-refractivity contribution < 1.29 is 4.79 Å². The number of hydrogen-bond acceptors (Lipinski definition) is 3. The van der Waals surface area contributed by atoms with Gasteiger partial charge in [-0.05, 0) is 52.1 Å². The molecule has 2 aliphatic heterocycles. The minimum atomic E-state index is 0.0421. The number of amides is 1. The molecule has 4 heteroatoms. The molecule has 0 saturated carbocycles. The standard InChI is InChI=1S/C15H29N3O/c1-3-9-18(12-14-7-6-8-16-14)13(2)15(19)17-10-4-5-11-17/h13-14,16H,3-12H2,1-2H3. The first-order chi connectivity index (χ1) is 9.22. The van der Waals surface area contributed by atoms with Crippen molar-refractivity contribution in [2.45, 2.75) is 58.0 Å². The lowest BCUT2D eigenvalue weighted by Gasteiger charge is -2.32. The van der Waals surface area contributed by atoms with Crippen LogP contribution in [0.5, 0.6) is 0 Å². The average molecular weight is 267 g/mol. The fourth-order valence-corrected chi connectivity index (χ4v) is 3.28. The van der Waals surface area contributed by atoms with E-state index in [0.29, 0.717) is 11.9 Å². The number of rotatable bonds is 6. The Morgan fingerprint density at radius 3 is 2.68 bits per heavy atom. The summed E-state index contributed by atoms with van der Waals surface area (Å²) >= 11 is 0. The van der Waals surface area contributed by atoms with E-state index in [2.05, 4.69) is 29.0 Å². The van der Waals surface area contributed by atoms with E-state index in [0.717, 1.165) is 39.1 Å². The quantitative estimate of drug-likeness (QED) is 0.791. The topological polar surface area (TPSA) is 35.6 Å². The summed E-state index contributed by atoms with van der Waals surface area (Å²) in [6.45, 7) is 9.40. The highest BCUT2D eigenvalue weighted by molar-refractivity contribution is 5.81. The molecular weight excluding hydrogens is 238 g/mol. The Bertz CT molecular complexity index is 283. The van der Waals surface area contributed by atoms with Crippen LogP contribution >= 0.6 is 0 Å². The summed E-state index contributed by atoms with van der Waals surface area (Å²) in [5, 5.41) is 3.54. The van der Waals surface area contributed by atoms with Gasteiger partial charge in [-0.2, -0.15) is 0 Å². The molecule has 4 nitrogen and oxygen atoms in total. The maximum absolute atomic E-state index is 12.5. The van der Waals surface area contributed by atoms with Gasteiger partial charge in [-0.15, -0.1) is 0 Å². The van der Waals surface area contributed by atoms with Crippen LogP contribution in [0.3, 0.4) is 0 Å². The minimum Gasteiger partial charge on any atom is -0.341 e. The molecule has 0 aliphatic carbocycles. The molecule has 0 aromatic rings. The molecule has 2 atom stereocenters. The highest BCUT2D eigenvalue weighted by Crippen LogP contribution is 2.14. The van der Waals surface area contributed by atoms with Crippen molar-refractivity contribution in [2.24, 2.45) is 0 Å². The molecule has 1 amide bonds. The van der Waals surface area contributed by atoms with Crippen molar-refractivity contribution in [2.75, 3.05) is 32.7 Å². The van der Waals surface area contributed by atoms with Crippen LogP contribution in [-0.4, -0.2) is 60.5 Å². The first-order valence-corrected chi connectivity index (χ1v) is 7.98. The monoisotopic (exact) mass is 267 g/mol. The van der Waals surface area contributed by atoms with Crippen LogP contribution in [0.2, 0.25) is 0 Å². The van der Waals surface area contributed by atoms with Crippen molar-refractivity contribution >= 4 is 5.91 Å². The summed E-state index contributed by atoms with van der Waals surface area (Å²) in [6.07, 6.45) is 6.00. The Hall–Kier alpha value is -0.610. The van der Waals surface area contributed by atoms with E-state index in [9.17, 15) is 4.79 Å². The Labute approximate surface area is 117 Å². The van der Waals surface area contributed by atoms with Gasteiger partial charge in [-0.25, -0.2) is 0 Å². The second kappa shape index (κ2) is 7.25. The molecule has 0 radical (unpaired) electrons. The summed E-state index contributed by atoms with van der Waals surface area (Å²) in [7, 11) is 0. The van der Waals surface area contributed by atoms with E-state index in [-0.39, 0.29) is 6.04 Å². The van der Waals surface area contributed by atoms with Crippen molar-refractivity contribution in [3.8, 4) is 0 Å². The zero-order valence-electron chi connectivity index (χ0n) is 12.5. The van der Waals surface area contributed by atoms with E-state index < -0.39 is 0 Å². The van der Waals surface area contributed by atoms with Gasteiger partial charge in [-0.1, -0.05) is 6.92 Å². The fraction of sp³-hybridized carbons (Fsp3) is 0.933. The summed E-state index contributed by atoms with van der Waals surface area (Å²) in [6, 6.07) is 0.626. The van der Waals surface area contributed by atoms with Crippen molar-refractivity contribution in [3.05, 3.63) is 0 Å². The van der Waals surface area contributed by atoms with Crippen molar-refractivity contribution in [1.82, 2.24) is 15.1 Å². The molecule has 2 heterocycles. The van der Waals surface area contributed by atoms with Crippen LogP contribution in [0.25, 0.3) is 0 Å². The summed E-state index contributed by atoms with van der Waals surface area (Å²) in [4.78, 5) is 16.9. The first kappa shape index (κ1) is 14.8. The lowest BCUT2D eigenvalue weighted by Crippen LogP contribution is -2.50. The maximum Gasteiger partial charge on any atom is 0.239 e. The molecule has 2 saturated heterocycles. The Morgan fingerprint density at radius 2 is 2.11 bits per heavy atom. The molecule has 2 unspecified atom stereocenters. The smallest absolute Gasteiger partial charge is 0.239 e. The summed E-state index contributed by atoms with van der Waals surface area (Å²) in [5.41, 5.74) is 0. The zero-order valence-corrected chi connectivity index (χ0v) is 12.5. The van der Waals surface area contributed by atoms with Gasteiger partial charge >= 0.3 is 0 Å². The van der Waals surface area contributed by atoms with Gasteiger partial charge in [0, 0.05) is 25.7 Å². The van der Waals surface area contributed by atoms with Crippen LogP contribution < -0.4 is 5.32 Å². The van der Waals surface area contributed by atoms with Gasteiger partial charge in [-0.3, -0.25) is 9.69 Å². The third-order valence-corrected chi connectivity index (χ3v) is 4.45. The molecule has 0 bridgehead atoms. The molecule has 2 fully saturated rings. The normalized spacial score (nSPS) is 25.2. The number of carbonyl (C=O) groups excluding carboxylic acids is 1. The molecule has 110 valence electrons. The third-order valence-electron chi connectivity index (χ3n) is 4.45. The first-order valence-electron chi connectivity index (χ1n) is 7.98. The number of carbonyl (C=O) groups is 1. The molecule has 0 spiro atoms. The molecule has 0 aromatic carbocycles. The van der Waals surface area contributed by atoms with Gasteiger partial charge in [0.1, 0.15) is 0 Å². The van der Waals surface area contributed by atoms with Gasteiger partial charge in [0.25, 0.3) is 0 Å². The second-order valence-electron chi connectivity index (χ2n) is 6.00. The van der Waals surface area contributed by atoms with E-state index in [4.69, 9.17) is 0 Å². The fourth-order valence-electron chi connectivity index (χ4n) is 3.28. The maximum atomic E-state index is 12.5. The van der Waals surface area contributed by atoms with Crippen LogP contribution in [0.4, 0.5) is 0 Å². The lowest BCUT2D eigenvalue weighted by molar-refractivity contribution is -0.135. The van der Waals surface area contributed by atoms with Crippen LogP contribution in [0.15, 0.2) is 0 Å². The van der Waals surface area contributed by atoms with Gasteiger partial charge in [0.15, 0.2) is 0 Å². The molecule has 2 aliphatic rings. The molecule has 1 N–H and O–H groups in total. The number of likely N-dealkylation sites (tertiary alicyclic amines) is 1. The zero-order chi connectivity index (χ0) is 13.7. The van der Waals surface area contributed by atoms with E-state index in [1.807, 2.05) is 0 Å². The highest BCUT2D eigenvalue weighted by atomic mass is 16.2. The van der Waals surface area contributed by atoms with Crippen LogP contribution in [0.1, 0.15) is 46.0 Å². The SMILES string of the molecule is CCCN(CC1CCCN1)C(C)C(=O)N1CCCC1. The minimum absolute atomic E-state index is 0.0421. The Morgan fingerprint density at radius 1 is 1.37 bits per heavy atom. The number of hydrogen-bond donors (Lipinski definition) is 1. The van der Waals surface area contributed by atoms with Gasteiger partial charge in [0.05, 0.1) is 6.04 Å². The lowest BCUT2D eigenvalue weighted by atomic mass is 10.1. The Kier molecular flexibility index (Phi) is 5.64. The summed E-state index contributed by atoms with van der Waals surface area (Å²) < 4.78 is 0. The Balaban J connectivity index is 1.89.